The second-order valence-corrected chi connectivity index (χ2v) is 4.60. The third kappa shape index (κ3) is 2.11. The zero-order valence-corrected chi connectivity index (χ0v) is 11.3. The second kappa shape index (κ2) is 5.48. The largest absolute Gasteiger partial charge is 0.508 e. The fraction of sp³-hybridized carbons (Fsp3) is 0.500. The monoisotopic (exact) mass is 280 g/mol. The third-order valence-corrected chi connectivity index (χ3v) is 3.62. The first-order valence-corrected chi connectivity index (χ1v) is 6.37. The fourth-order valence-corrected chi connectivity index (χ4v) is 2.69. The number of carbonyl (C=O) groups excluding carboxylic acids is 3. The highest BCUT2D eigenvalue weighted by Gasteiger charge is 2.58. The predicted octanol–water partition coefficient (Wildman–Crippen LogP) is 1.40. The molecule has 0 saturated heterocycles. The molecule has 20 heavy (non-hydrogen) atoms. The Bertz CT molecular complexity index is 492. The molecule has 0 aliphatic heterocycles. The molecule has 0 amide bonds. The van der Waals surface area contributed by atoms with E-state index >= 15 is 0 Å². The van der Waals surface area contributed by atoms with Gasteiger partial charge in [0.1, 0.15) is 11.5 Å². The Hall–Kier alpha value is -2.11. The van der Waals surface area contributed by atoms with E-state index in [0.29, 0.717) is 6.42 Å². The lowest BCUT2D eigenvalue weighted by Crippen LogP contribution is -2.50. The Morgan fingerprint density at radius 2 is 2.20 bits per heavy atom. The highest BCUT2D eigenvalue weighted by atomic mass is 16.7. The van der Waals surface area contributed by atoms with Crippen LogP contribution in [-0.2, 0) is 23.8 Å². The molecule has 6 nitrogen and oxygen atoms in total. The minimum absolute atomic E-state index is 0.165. The van der Waals surface area contributed by atoms with Crippen LogP contribution in [0, 0.1) is 11.3 Å². The van der Waals surface area contributed by atoms with E-state index in [-0.39, 0.29) is 12.4 Å². The van der Waals surface area contributed by atoms with Crippen LogP contribution in [0.2, 0.25) is 0 Å². The summed E-state index contributed by atoms with van der Waals surface area (Å²) in [5.74, 6) is -1.36. The van der Waals surface area contributed by atoms with Crippen molar-refractivity contribution >= 4 is 17.9 Å². The van der Waals surface area contributed by atoms with Gasteiger partial charge in [0.05, 0.1) is 13.7 Å². The second-order valence-electron chi connectivity index (χ2n) is 4.60. The van der Waals surface area contributed by atoms with Crippen molar-refractivity contribution in [3.8, 4) is 0 Å². The van der Waals surface area contributed by atoms with Crippen LogP contribution in [0.15, 0.2) is 24.3 Å². The highest BCUT2D eigenvalue weighted by Crippen LogP contribution is 2.46. The van der Waals surface area contributed by atoms with Crippen LogP contribution >= 0.6 is 0 Å². The molecule has 0 N–H and O–H groups in total. The van der Waals surface area contributed by atoms with Crippen LogP contribution in [0.4, 0.5) is 4.79 Å². The predicted molar refractivity (Wildman–Crippen MR) is 67.7 cm³/mol. The Morgan fingerprint density at radius 1 is 1.45 bits per heavy atom. The van der Waals surface area contributed by atoms with Crippen molar-refractivity contribution in [2.45, 2.75) is 19.4 Å². The Morgan fingerprint density at radius 3 is 2.85 bits per heavy atom. The molecule has 0 aromatic heterocycles. The number of esters is 1. The molecule has 6 heteroatoms. The van der Waals surface area contributed by atoms with E-state index in [0.717, 1.165) is 0 Å². The molecule has 108 valence electrons. The van der Waals surface area contributed by atoms with Crippen LogP contribution < -0.4 is 0 Å². The molecule has 0 bridgehead atoms. The van der Waals surface area contributed by atoms with Gasteiger partial charge in [0.2, 0.25) is 0 Å². The molecular formula is C14H16O6. The van der Waals surface area contributed by atoms with Gasteiger partial charge >= 0.3 is 12.1 Å². The lowest BCUT2D eigenvalue weighted by Gasteiger charge is -2.37. The quantitative estimate of drug-likeness (QED) is 0.574. The first-order chi connectivity index (χ1) is 9.56. The summed E-state index contributed by atoms with van der Waals surface area (Å²) in [6.07, 6.45) is 4.75. The van der Waals surface area contributed by atoms with Crippen LogP contribution in [0.3, 0.4) is 0 Å². The molecule has 3 atom stereocenters. The summed E-state index contributed by atoms with van der Waals surface area (Å²) in [7, 11) is 1.24. The first kappa shape index (κ1) is 14.3. The van der Waals surface area contributed by atoms with Gasteiger partial charge in [-0.1, -0.05) is 12.2 Å². The molecule has 0 unspecified atom stereocenters. The summed E-state index contributed by atoms with van der Waals surface area (Å²) >= 11 is 0. The maximum absolute atomic E-state index is 12.2. The molecule has 0 fully saturated rings. The van der Waals surface area contributed by atoms with Crippen molar-refractivity contribution in [3.05, 3.63) is 24.3 Å². The van der Waals surface area contributed by atoms with E-state index in [1.807, 2.05) is 0 Å². The number of rotatable bonds is 3. The van der Waals surface area contributed by atoms with Crippen LogP contribution in [0.25, 0.3) is 0 Å². The van der Waals surface area contributed by atoms with Crippen molar-refractivity contribution < 1.29 is 28.6 Å². The average molecular weight is 280 g/mol. The van der Waals surface area contributed by atoms with E-state index in [9.17, 15) is 14.4 Å². The normalized spacial score (nSPS) is 30.8. The van der Waals surface area contributed by atoms with Crippen molar-refractivity contribution in [3.63, 3.8) is 0 Å². The van der Waals surface area contributed by atoms with E-state index < -0.39 is 29.6 Å². The molecule has 0 saturated carbocycles. The highest BCUT2D eigenvalue weighted by molar-refractivity contribution is 6.02. The third-order valence-electron chi connectivity index (χ3n) is 3.62. The SMILES string of the molecule is CCOC(=O)O[C@@H]1C=CC[C@@H]2C(=O)C=C[C@@]21C(=O)OC. The van der Waals surface area contributed by atoms with Gasteiger partial charge in [-0.2, -0.15) is 0 Å². The topological polar surface area (TPSA) is 78.9 Å². The Kier molecular flexibility index (Phi) is 3.92. The molecule has 2 aliphatic carbocycles. The molecule has 0 radical (unpaired) electrons. The van der Waals surface area contributed by atoms with E-state index in [1.165, 1.54) is 19.3 Å². The van der Waals surface area contributed by atoms with Gasteiger partial charge in [-0.05, 0) is 25.5 Å². The Labute approximate surface area is 116 Å². The summed E-state index contributed by atoms with van der Waals surface area (Å²) < 4.78 is 14.7. The maximum Gasteiger partial charge on any atom is 0.508 e. The lowest BCUT2D eigenvalue weighted by molar-refractivity contribution is -0.161. The molecular weight excluding hydrogens is 264 g/mol. The summed E-state index contributed by atoms with van der Waals surface area (Å²) in [5, 5.41) is 0. The van der Waals surface area contributed by atoms with Gasteiger partial charge in [-0.25, -0.2) is 4.79 Å². The number of carbonyl (C=O) groups is 3. The fourth-order valence-electron chi connectivity index (χ4n) is 2.69. The van der Waals surface area contributed by atoms with Crippen LogP contribution in [-0.4, -0.2) is 37.7 Å². The van der Waals surface area contributed by atoms with E-state index in [1.54, 1.807) is 19.1 Å². The molecule has 0 aromatic carbocycles. The van der Waals surface area contributed by atoms with Crippen molar-refractivity contribution in [1.82, 2.24) is 0 Å². The Balaban J connectivity index is 2.33. The summed E-state index contributed by atoms with van der Waals surface area (Å²) in [4.78, 5) is 35.6. The number of ether oxygens (including phenoxy) is 3. The van der Waals surface area contributed by atoms with Crippen LogP contribution in [0.5, 0.6) is 0 Å². The molecule has 0 spiro atoms. The lowest BCUT2D eigenvalue weighted by atomic mass is 9.68. The number of methoxy groups -OCH3 is 1. The van der Waals surface area contributed by atoms with Crippen LogP contribution in [0.1, 0.15) is 13.3 Å². The van der Waals surface area contributed by atoms with E-state index in [4.69, 9.17) is 14.2 Å². The molecule has 2 rings (SSSR count). The number of hydrogen-bond acceptors (Lipinski definition) is 6. The number of allylic oxidation sites excluding steroid dienone is 2. The minimum Gasteiger partial charge on any atom is -0.468 e. The summed E-state index contributed by atoms with van der Waals surface area (Å²) in [6, 6.07) is 0. The zero-order valence-electron chi connectivity index (χ0n) is 11.3. The van der Waals surface area contributed by atoms with Gasteiger partial charge in [0.15, 0.2) is 5.78 Å². The average Bonchev–Trinajstić information content (AvgIpc) is 2.78. The zero-order chi connectivity index (χ0) is 14.8. The minimum atomic E-state index is -1.28. The smallest absolute Gasteiger partial charge is 0.468 e. The number of hydrogen-bond donors (Lipinski definition) is 0. The first-order valence-electron chi connectivity index (χ1n) is 6.37. The molecule has 0 heterocycles. The van der Waals surface area contributed by atoms with E-state index in [2.05, 4.69) is 0 Å². The van der Waals surface area contributed by atoms with Gasteiger partial charge < -0.3 is 14.2 Å². The maximum atomic E-state index is 12.2. The van der Waals surface area contributed by atoms with Gasteiger partial charge in [-0.15, -0.1) is 0 Å². The van der Waals surface area contributed by atoms with Gasteiger partial charge in [0, 0.05) is 5.92 Å². The molecule has 0 aromatic rings. The van der Waals surface area contributed by atoms with Crippen molar-refractivity contribution in [2.75, 3.05) is 13.7 Å². The number of fused-ring (bicyclic) bond motifs is 1. The van der Waals surface area contributed by atoms with Gasteiger partial charge in [0.25, 0.3) is 0 Å². The molecule has 2 aliphatic rings. The summed E-state index contributed by atoms with van der Waals surface area (Å²) in [6.45, 7) is 1.81. The number of ketones is 1. The van der Waals surface area contributed by atoms with Gasteiger partial charge in [-0.3, -0.25) is 9.59 Å². The standard InChI is InChI=1S/C14H16O6/c1-3-19-13(17)20-11-6-4-5-9-10(15)7-8-14(9,11)12(16)18-2/h4,6-9,11H,3,5H2,1-2H3/t9-,11-,14-/m1/s1. The summed E-state index contributed by atoms with van der Waals surface area (Å²) in [5.41, 5.74) is -1.28. The van der Waals surface area contributed by atoms with Crippen molar-refractivity contribution in [1.29, 1.82) is 0 Å². The van der Waals surface area contributed by atoms with Crippen molar-refractivity contribution in [2.24, 2.45) is 11.3 Å².